The van der Waals surface area contributed by atoms with E-state index in [1.54, 1.807) is 0 Å². The number of benzene rings is 10. The van der Waals surface area contributed by atoms with Crippen molar-refractivity contribution in [2.75, 3.05) is 0 Å². The van der Waals surface area contributed by atoms with Crippen molar-refractivity contribution in [2.24, 2.45) is 0 Å². The quantitative estimate of drug-likeness (QED) is 0.156. The first-order valence-corrected chi connectivity index (χ1v) is 22.7. The Hall–Kier alpha value is -7.02. The van der Waals surface area contributed by atoms with Gasteiger partial charge < -0.3 is 0 Å². The van der Waals surface area contributed by atoms with Gasteiger partial charge in [0.25, 0.3) is 0 Å². The fourth-order valence-electron chi connectivity index (χ4n) is 12.8. The van der Waals surface area contributed by atoms with E-state index < -0.39 is 0 Å². The second-order valence-electron chi connectivity index (χ2n) is 20.4. The largest absolute Gasteiger partial charge is 0.0619 e. The van der Waals surface area contributed by atoms with Gasteiger partial charge in [0.2, 0.25) is 0 Å². The Morgan fingerprint density at radius 2 is 0.603 bits per heavy atom. The second-order valence-corrected chi connectivity index (χ2v) is 20.4. The molecule has 0 nitrogen and oxygen atoms in total. The molecular weight excluding hydrogens is 757 g/mol. The molecule has 4 aliphatic rings. The van der Waals surface area contributed by atoms with Crippen LogP contribution in [0.15, 0.2) is 170 Å². The summed E-state index contributed by atoms with van der Waals surface area (Å²) in [7, 11) is 0. The van der Waals surface area contributed by atoms with Crippen LogP contribution in [0, 0.1) is 0 Å². The SMILES string of the molecule is CC1(C)c2ccccc2-c2ccc(-c3ccc4c(c3)C(C)(C)c3cc(-c5ccc6c(c5)C(C)(C)c5cc(-c7ccc8c9c7ccc7ccc%10cccc-8c%10c79)ccc5-6)ccc3-4)cc21. The molecule has 0 amide bonds. The summed E-state index contributed by atoms with van der Waals surface area (Å²) in [5.41, 5.74) is 26.8. The van der Waals surface area contributed by atoms with Gasteiger partial charge in [-0.05, 0) is 174 Å². The molecule has 0 N–H and O–H groups in total. The Morgan fingerprint density at radius 3 is 1.14 bits per heavy atom. The summed E-state index contributed by atoms with van der Waals surface area (Å²) >= 11 is 0. The summed E-state index contributed by atoms with van der Waals surface area (Å²) < 4.78 is 0. The van der Waals surface area contributed by atoms with Crippen LogP contribution in [-0.4, -0.2) is 0 Å². The minimum absolute atomic E-state index is 0.0198. The molecule has 14 rings (SSSR count). The van der Waals surface area contributed by atoms with E-state index >= 15 is 0 Å². The van der Waals surface area contributed by atoms with Gasteiger partial charge in [-0.3, -0.25) is 0 Å². The molecule has 0 saturated carbocycles. The maximum absolute atomic E-state index is 2.49. The standard InChI is InChI=1S/C63H46/c1-61(2)52-13-8-7-11-43(52)44-22-17-37(30-53(44)61)38-18-23-45-46-24-19-39(32-55(46)62(3,4)54(45)31-38)40-20-25-47-48-26-21-41(34-57(48)63(5,6)56(47)33-40)42-28-29-51-49-12-9-10-35-14-15-36-16-27-50(42)60(51)59(36)58(35)49/h7-34H,1-6H3. The summed E-state index contributed by atoms with van der Waals surface area (Å²) in [4.78, 5) is 0. The van der Waals surface area contributed by atoms with Crippen LogP contribution < -0.4 is 0 Å². The molecule has 63 heavy (non-hydrogen) atoms. The normalized spacial score (nSPS) is 15.8. The molecular formula is C63H46. The van der Waals surface area contributed by atoms with Crippen LogP contribution >= 0.6 is 0 Å². The third-order valence-electron chi connectivity index (χ3n) is 16.2. The molecule has 0 radical (unpaired) electrons. The van der Waals surface area contributed by atoms with E-state index in [1.807, 2.05) is 0 Å². The summed E-state index contributed by atoms with van der Waals surface area (Å²) in [5.74, 6) is 0. The average molecular weight is 803 g/mol. The summed E-state index contributed by atoms with van der Waals surface area (Å²) in [6.45, 7) is 14.4. The van der Waals surface area contributed by atoms with Crippen molar-refractivity contribution in [2.45, 2.75) is 57.8 Å². The number of hydrogen-bond donors (Lipinski definition) is 0. The predicted molar refractivity (Wildman–Crippen MR) is 267 cm³/mol. The average Bonchev–Trinajstić information content (AvgIpc) is 3.93. The highest BCUT2D eigenvalue weighted by atomic mass is 14.4. The van der Waals surface area contributed by atoms with Gasteiger partial charge in [-0.2, -0.15) is 0 Å². The second kappa shape index (κ2) is 11.7. The topological polar surface area (TPSA) is 0 Å². The molecule has 0 saturated heterocycles. The smallest absolute Gasteiger partial charge is 0.0159 e. The Bertz CT molecular complexity index is 3750. The molecule has 10 aromatic carbocycles. The highest BCUT2D eigenvalue weighted by Gasteiger charge is 2.39. The van der Waals surface area contributed by atoms with Gasteiger partial charge in [0.1, 0.15) is 0 Å². The molecule has 0 unspecified atom stereocenters. The highest BCUT2D eigenvalue weighted by Crippen LogP contribution is 2.56. The Labute approximate surface area is 369 Å². The van der Waals surface area contributed by atoms with Gasteiger partial charge >= 0.3 is 0 Å². The molecule has 0 aromatic heterocycles. The molecule has 0 spiro atoms. The first-order valence-electron chi connectivity index (χ1n) is 22.7. The highest BCUT2D eigenvalue weighted by molar-refractivity contribution is 6.34. The van der Waals surface area contributed by atoms with Crippen LogP contribution in [-0.2, 0) is 16.2 Å². The zero-order valence-electron chi connectivity index (χ0n) is 36.7. The van der Waals surface area contributed by atoms with E-state index in [1.165, 1.54) is 144 Å². The number of hydrogen-bond acceptors (Lipinski definition) is 0. The van der Waals surface area contributed by atoms with E-state index in [0.29, 0.717) is 0 Å². The van der Waals surface area contributed by atoms with Crippen LogP contribution in [0.5, 0.6) is 0 Å². The maximum Gasteiger partial charge on any atom is 0.0159 e. The van der Waals surface area contributed by atoms with Gasteiger partial charge in [0, 0.05) is 16.2 Å². The minimum atomic E-state index is -0.145. The van der Waals surface area contributed by atoms with E-state index in [4.69, 9.17) is 0 Å². The lowest BCUT2D eigenvalue weighted by atomic mass is 9.79. The van der Waals surface area contributed by atoms with Crippen molar-refractivity contribution in [1.82, 2.24) is 0 Å². The number of fused-ring (bicyclic) bond motifs is 10. The van der Waals surface area contributed by atoms with Gasteiger partial charge in [0.05, 0.1) is 0 Å². The molecule has 0 heteroatoms. The summed E-state index contributed by atoms with van der Waals surface area (Å²) in [6, 6.07) is 65.7. The lowest BCUT2D eigenvalue weighted by molar-refractivity contribution is 0.659. The van der Waals surface area contributed by atoms with Crippen LogP contribution in [0.4, 0.5) is 0 Å². The molecule has 0 fully saturated rings. The molecule has 0 bridgehead atoms. The van der Waals surface area contributed by atoms with Crippen LogP contribution in [0.1, 0.15) is 74.9 Å². The van der Waals surface area contributed by atoms with E-state index in [9.17, 15) is 0 Å². The van der Waals surface area contributed by atoms with Crippen molar-refractivity contribution in [3.8, 4) is 77.9 Å². The molecule has 0 atom stereocenters. The van der Waals surface area contributed by atoms with Crippen molar-refractivity contribution in [3.05, 3.63) is 203 Å². The Morgan fingerprint density at radius 1 is 0.238 bits per heavy atom. The Kier molecular flexibility index (Phi) is 6.61. The molecule has 0 aliphatic heterocycles. The number of rotatable bonds is 3. The van der Waals surface area contributed by atoms with Crippen LogP contribution in [0.2, 0.25) is 0 Å². The van der Waals surface area contributed by atoms with Crippen molar-refractivity contribution >= 4 is 32.3 Å². The van der Waals surface area contributed by atoms with Crippen molar-refractivity contribution in [1.29, 1.82) is 0 Å². The van der Waals surface area contributed by atoms with Gasteiger partial charge in [-0.15, -0.1) is 0 Å². The molecule has 10 aromatic rings. The summed E-state index contributed by atoms with van der Waals surface area (Å²) in [5, 5.41) is 8.21. The first kappa shape index (κ1) is 35.6. The van der Waals surface area contributed by atoms with Crippen molar-refractivity contribution < 1.29 is 0 Å². The van der Waals surface area contributed by atoms with E-state index in [0.717, 1.165) is 0 Å². The van der Waals surface area contributed by atoms with Gasteiger partial charge in [-0.1, -0.05) is 181 Å². The predicted octanol–water partition coefficient (Wildman–Crippen LogP) is 17.0. The zero-order valence-corrected chi connectivity index (χ0v) is 36.7. The minimum Gasteiger partial charge on any atom is -0.0619 e. The first-order chi connectivity index (χ1) is 30.5. The van der Waals surface area contributed by atoms with Gasteiger partial charge in [-0.25, -0.2) is 0 Å². The van der Waals surface area contributed by atoms with E-state index in [2.05, 4.69) is 211 Å². The Balaban J connectivity index is 0.806. The maximum atomic E-state index is 2.49. The van der Waals surface area contributed by atoms with E-state index in [-0.39, 0.29) is 16.2 Å². The third-order valence-corrected chi connectivity index (χ3v) is 16.2. The van der Waals surface area contributed by atoms with Crippen LogP contribution in [0.25, 0.3) is 110 Å². The third kappa shape index (κ3) is 4.46. The summed E-state index contributed by atoms with van der Waals surface area (Å²) in [6.07, 6.45) is 0. The molecule has 0 heterocycles. The fourth-order valence-corrected chi connectivity index (χ4v) is 12.8. The lowest BCUT2D eigenvalue weighted by Gasteiger charge is -2.24. The van der Waals surface area contributed by atoms with Crippen molar-refractivity contribution in [3.63, 3.8) is 0 Å². The monoisotopic (exact) mass is 802 g/mol. The fraction of sp³-hybridized carbons (Fsp3) is 0.143. The van der Waals surface area contributed by atoms with Gasteiger partial charge in [0.15, 0.2) is 0 Å². The van der Waals surface area contributed by atoms with Crippen LogP contribution in [0.3, 0.4) is 0 Å². The zero-order chi connectivity index (χ0) is 42.3. The molecule has 4 aliphatic carbocycles. The molecule has 298 valence electrons. The lowest BCUT2D eigenvalue weighted by Crippen LogP contribution is -2.16.